The molecule has 8 heteroatoms. The van der Waals surface area contributed by atoms with Crippen LogP contribution in [0.5, 0.6) is 5.75 Å². The lowest BCUT2D eigenvalue weighted by molar-refractivity contribution is 0.0735. The summed E-state index contributed by atoms with van der Waals surface area (Å²) in [7, 11) is 0. The second-order valence-corrected chi connectivity index (χ2v) is 8.32. The highest BCUT2D eigenvalue weighted by atomic mass is 35.5. The molecule has 172 valence electrons. The van der Waals surface area contributed by atoms with Gasteiger partial charge in [-0.15, -0.1) is 0 Å². The molecule has 0 radical (unpaired) electrons. The van der Waals surface area contributed by atoms with Crippen molar-refractivity contribution in [2.45, 2.75) is 0 Å². The van der Waals surface area contributed by atoms with E-state index in [0.29, 0.717) is 32.9 Å². The van der Waals surface area contributed by atoms with E-state index >= 15 is 0 Å². The van der Waals surface area contributed by atoms with E-state index in [2.05, 4.69) is 10.3 Å². The van der Waals surface area contributed by atoms with Crippen molar-refractivity contribution in [3.05, 3.63) is 112 Å². The van der Waals surface area contributed by atoms with Gasteiger partial charge in [-0.2, -0.15) is 0 Å². The largest absolute Gasteiger partial charge is 0.436 e. The fourth-order valence-corrected chi connectivity index (χ4v) is 3.91. The van der Waals surface area contributed by atoms with Gasteiger partial charge in [-0.3, -0.25) is 4.79 Å². The number of benzene rings is 4. The van der Waals surface area contributed by atoms with Crippen LogP contribution >= 0.6 is 23.2 Å². The number of halogens is 2. The lowest BCUT2D eigenvalue weighted by Gasteiger charge is -2.12. The molecule has 35 heavy (non-hydrogen) atoms. The van der Waals surface area contributed by atoms with Crippen LogP contribution in [-0.2, 0) is 0 Å². The molecule has 4 aromatic carbocycles. The van der Waals surface area contributed by atoms with Crippen molar-refractivity contribution in [3.63, 3.8) is 0 Å². The van der Waals surface area contributed by atoms with Gasteiger partial charge in [-0.05, 0) is 48.5 Å². The summed E-state index contributed by atoms with van der Waals surface area (Å²) in [5.41, 5.74) is 2.56. The second-order valence-electron chi connectivity index (χ2n) is 7.50. The molecule has 1 heterocycles. The van der Waals surface area contributed by atoms with Crippen molar-refractivity contribution in [1.29, 1.82) is 0 Å². The molecule has 1 amide bonds. The van der Waals surface area contributed by atoms with E-state index in [1.807, 2.05) is 18.2 Å². The Morgan fingerprint density at radius 3 is 2.17 bits per heavy atom. The average molecular weight is 503 g/mol. The SMILES string of the molecule is O=C(Nc1ccc(-c2nc3ccccc3o2)c(OC(=O)c2ccccc2Cl)c1)c1ccccc1Cl. The molecule has 1 aromatic heterocycles. The first-order valence-electron chi connectivity index (χ1n) is 10.5. The maximum absolute atomic E-state index is 12.9. The molecule has 6 nitrogen and oxygen atoms in total. The van der Waals surface area contributed by atoms with E-state index in [1.165, 1.54) is 6.07 Å². The van der Waals surface area contributed by atoms with Crippen LogP contribution in [0.15, 0.2) is 95.4 Å². The molecule has 0 saturated carbocycles. The lowest BCUT2D eigenvalue weighted by atomic mass is 10.1. The molecule has 0 bridgehead atoms. The van der Waals surface area contributed by atoms with Crippen molar-refractivity contribution in [1.82, 2.24) is 4.98 Å². The first-order chi connectivity index (χ1) is 17.0. The number of carbonyl (C=O) groups excluding carboxylic acids is 2. The zero-order valence-electron chi connectivity index (χ0n) is 18.0. The van der Waals surface area contributed by atoms with Crippen molar-refractivity contribution in [2.75, 3.05) is 5.32 Å². The highest BCUT2D eigenvalue weighted by Crippen LogP contribution is 2.35. The van der Waals surface area contributed by atoms with Crippen LogP contribution in [0.25, 0.3) is 22.6 Å². The van der Waals surface area contributed by atoms with E-state index in [1.54, 1.807) is 66.7 Å². The molecule has 1 N–H and O–H groups in total. The number of rotatable bonds is 5. The highest BCUT2D eigenvalue weighted by Gasteiger charge is 2.20. The Hall–Kier alpha value is -4.13. The van der Waals surface area contributed by atoms with Crippen molar-refractivity contribution < 1.29 is 18.7 Å². The Bertz CT molecular complexity index is 1550. The number of nitrogens with zero attached hydrogens (tertiary/aromatic N) is 1. The average Bonchev–Trinajstić information content (AvgIpc) is 3.28. The number of aromatic nitrogens is 1. The fraction of sp³-hybridized carbons (Fsp3) is 0. The predicted octanol–water partition coefficient (Wildman–Crippen LogP) is 7.27. The number of anilines is 1. The number of fused-ring (bicyclic) bond motifs is 1. The first-order valence-corrected chi connectivity index (χ1v) is 11.3. The fourth-order valence-electron chi connectivity index (χ4n) is 3.47. The molecular formula is C27H16Cl2N2O4. The molecule has 0 atom stereocenters. The third-order valence-corrected chi connectivity index (χ3v) is 5.84. The predicted molar refractivity (Wildman–Crippen MR) is 135 cm³/mol. The maximum Gasteiger partial charge on any atom is 0.345 e. The van der Waals surface area contributed by atoms with Crippen molar-refractivity contribution >= 4 is 51.9 Å². The number of oxazole rings is 1. The van der Waals surface area contributed by atoms with Crippen LogP contribution in [0, 0.1) is 0 Å². The molecule has 0 saturated heterocycles. The summed E-state index contributed by atoms with van der Waals surface area (Å²) in [6, 6.07) is 25.4. The van der Waals surface area contributed by atoms with E-state index in [4.69, 9.17) is 32.4 Å². The monoisotopic (exact) mass is 502 g/mol. The van der Waals surface area contributed by atoms with Gasteiger partial charge < -0.3 is 14.5 Å². The Kier molecular flexibility index (Phi) is 6.23. The highest BCUT2D eigenvalue weighted by molar-refractivity contribution is 6.34. The van der Waals surface area contributed by atoms with E-state index < -0.39 is 11.9 Å². The molecule has 0 aliphatic heterocycles. The molecule has 0 aliphatic rings. The number of esters is 1. The zero-order chi connectivity index (χ0) is 24.4. The van der Waals surface area contributed by atoms with Crippen LogP contribution in [0.2, 0.25) is 10.0 Å². The smallest absolute Gasteiger partial charge is 0.345 e. The number of ether oxygens (including phenoxy) is 1. The van der Waals surface area contributed by atoms with Crippen molar-refractivity contribution in [2.24, 2.45) is 0 Å². The van der Waals surface area contributed by atoms with Gasteiger partial charge in [0, 0.05) is 11.8 Å². The molecule has 5 rings (SSSR count). The maximum atomic E-state index is 12.9. The normalized spacial score (nSPS) is 10.8. The van der Waals surface area contributed by atoms with Crippen LogP contribution in [-0.4, -0.2) is 16.9 Å². The summed E-state index contributed by atoms with van der Waals surface area (Å²) in [4.78, 5) is 30.2. The van der Waals surface area contributed by atoms with Gasteiger partial charge in [0.25, 0.3) is 5.91 Å². The summed E-state index contributed by atoms with van der Waals surface area (Å²) in [5, 5.41) is 3.35. The van der Waals surface area contributed by atoms with Crippen LogP contribution in [0.4, 0.5) is 5.69 Å². The third-order valence-electron chi connectivity index (χ3n) is 5.18. The lowest BCUT2D eigenvalue weighted by Crippen LogP contribution is -2.13. The summed E-state index contributed by atoms with van der Waals surface area (Å²) < 4.78 is 11.6. The quantitative estimate of drug-likeness (QED) is 0.202. The number of hydrogen-bond donors (Lipinski definition) is 1. The standard InChI is InChI=1S/C27H16Cl2N2O4/c28-20-9-3-1-7-17(20)25(32)30-16-13-14-19(26-31-22-11-5-6-12-23(22)34-26)24(15-16)35-27(33)18-8-2-4-10-21(18)29/h1-15H,(H,30,32). The molecular weight excluding hydrogens is 487 g/mol. The zero-order valence-corrected chi connectivity index (χ0v) is 19.5. The van der Waals surface area contributed by atoms with Gasteiger partial charge in [0.15, 0.2) is 5.58 Å². The number of carbonyl (C=O) groups is 2. The van der Waals surface area contributed by atoms with E-state index in [-0.39, 0.29) is 22.2 Å². The van der Waals surface area contributed by atoms with Gasteiger partial charge in [0.1, 0.15) is 11.3 Å². The summed E-state index contributed by atoms with van der Waals surface area (Å²) >= 11 is 12.3. The summed E-state index contributed by atoms with van der Waals surface area (Å²) in [5.74, 6) is -0.674. The Labute approximate surface area is 210 Å². The number of nitrogens with one attached hydrogen (secondary N) is 1. The van der Waals surface area contributed by atoms with Crippen LogP contribution < -0.4 is 10.1 Å². The number of hydrogen-bond acceptors (Lipinski definition) is 5. The second kappa shape index (κ2) is 9.62. The van der Waals surface area contributed by atoms with Gasteiger partial charge in [-0.25, -0.2) is 9.78 Å². The van der Waals surface area contributed by atoms with Crippen LogP contribution in [0.1, 0.15) is 20.7 Å². The van der Waals surface area contributed by atoms with Gasteiger partial charge >= 0.3 is 5.97 Å². The van der Waals surface area contributed by atoms with E-state index in [0.717, 1.165) is 0 Å². The summed E-state index contributed by atoms with van der Waals surface area (Å²) in [6.45, 7) is 0. The molecule has 5 aromatic rings. The Morgan fingerprint density at radius 2 is 1.46 bits per heavy atom. The molecule has 0 spiro atoms. The van der Waals surface area contributed by atoms with E-state index in [9.17, 15) is 9.59 Å². The van der Waals surface area contributed by atoms with Gasteiger partial charge in [0.05, 0.1) is 26.7 Å². The topological polar surface area (TPSA) is 81.4 Å². The van der Waals surface area contributed by atoms with Crippen molar-refractivity contribution in [3.8, 4) is 17.2 Å². The Balaban J connectivity index is 1.53. The number of para-hydroxylation sites is 2. The summed E-state index contributed by atoms with van der Waals surface area (Å²) in [6.07, 6.45) is 0. The minimum atomic E-state index is -0.664. The minimum Gasteiger partial charge on any atom is -0.436 e. The molecule has 0 fully saturated rings. The van der Waals surface area contributed by atoms with Gasteiger partial charge in [-0.1, -0.05) is 59.6 Å². The Morgan fingerprint density at radius 1 is 0.800 bits per heavy atom. The molecule has 0 aliphatic carbocycles. The minimum absolute atomic E-state index is 0.137. The van der Waals surface area contributed by atoms with Crippen LogP contribution in [0.3, 0.4) is 0 Å². The number of amides is 1. The van der Waals surface area contributed by atoms with Gasteiger partial charge in [0.2, 0.25) is 5.89 Å². The first kappa shape index (κ1) is 22.7. The third kappa shape index (κ3) is 4.75. The molecule has 0 unspecified atom stereocenters.